The van der Waals surface area contributed by atoms with Crippen molar-refractivity contribution in [1.82, 2.24) is 4.31 Å². The van der Waals surface area contributed by atoms with Crippen molar-refractivity contribution in [1.29, 1.82) is 0 Å². The van der Waals surface area contributed by atoms with Crippen LogP contribution in [0.2, 0.25) is 5.02 Å². The van der Waals surface area contributed by atoms with E-state index in [2.05, 4.69) is 0 Å². The van der Waals surface area contributed by atoms with Crippen molar-refractivity contribution in [2.75, 3.05) is 25.4 Å². The zero-order valence-electron chi connectivity index (χ0n) is 11.6. The van der Waals surface area contributed by atoms with Gasteiger partial charge in [-0.25, -0.2) is 8.42 Å². The average molecular weight is 319 g/mol. The molecule has 0 aliphatic carbocycles. The molecule has 1 heterocycles. The maximum absolute atomic E-state index is 12.8. The van der Waals surface area contributed by atoms with E-state index >= 15 is 0 Å². The third-order valence-corrected chi connectivity index (χ3v) is 5.61. The molecule has 1 unspecified atom stereocenters. The Bertz CT molecular complexity index is 604. The van der Waals surface area contributed by atoms with Crippen LogP contribution in [0.1, 0.15) is 18.9 Å². The first-order valence-corrected chi connectivity index (χ1v) is 8.31. The van der Waals surface area contributed by atoms with Crippen LogP contribution in [0.25, 0.3) is 0 Å². The number of hydrogen-bond donors (Lipinski definition) is 1. The quantitative estimate of drug-likeness (QED) is 0.847. The number of anilines is 1. The number of rotatable bonds is 2. The van der Waals surface area contributed by atoms with Crippen molar-refractivity contribution in [2.24, 2.45) is 0 Å². The monoisotopic (exact) mass is 318 g/mol. The van der Waals surface area contributed by atoms with E-state index in [9.17, 15) is 8.42 Å². The van der Waals surface area contributed by atoms with Gasteiger partial charge in [0.2, 0.25) is 10.0 Å². The Morgan fingerprint density at radius 2 is 2.15 bits per heavy atom. The first-order valence-electron chi connectivity index (χ1n) is 6.49. The Kier molecular flexibility index (Phi) is 4.59. The Labute approximate surface area is 124 Å². The largest absolute Gasteiger partial charge is 0.398 e. The summed E-state index contributed by atoms with van der Waals surface area (Å²) in [7, 11) is -3.61. The molecule has 0 aromatic heterocycles. The summed E-state index contributed by atoms with van der Waals surface area (Å²) in [5.41, 5.74) is 6.73. The van der Waals surface area contributed by atoms with Gasteiger partial charge in [0.25, 0.3) is 0 Å². The molecule has 2 N–H and O–H groups in total. The van der Waals surface area contributed by atoms with Gasteiger partial charge in [0.1, 0.15) is 0 Å². The highest BCUT2D eigenvalue weighted by Crippen LogP contribution is 2.29. The molecule has 0 bridgehead atoms. The molecule has 1 atom stereocenters. The molecule has 0 saturated carbocycles. The van der Waals surface area contributed by atoms with Gasteiger partial charge in [-0.3, -0.25) is 0 Å². The Hall–Kier alpha value is -0.820. The lowest BCUT2D eigenvalue weighted by Crippen LogP contribution is -2.36. The number of ether oxygens (including phenoxy) is 1. The lowest BCUT2D eigenvalue weighted by atomic mass is 10.2. The fourth-order valence-corrected chi connectivity index (χ4v) is 4.38. The molecule has 20 heavy (non-hydrogen) atoms. The highest BCUT2D eigenvalue weighted by molar-refractivity contribution is 7.89. The third kappa shape index (κ3) is 3.09. The summed E-state index contributed by atoms with van der Waals surface area (Å²) in [5.74, 6) is 0. The highest BCUT2D eigenvalue weighted by atomic mass is 35.5. The summed E-state index contributed by atoms with van der Waals surface area (Å²) in [5, 5.41) is 0.325. The molecule has 1 aromatic carbocycles. The zero-order valence-corrected chi connectivity index (χ0v) is 13.2. The molecule has 1 aliphatic rings. The number of halogens is 1. The van der Waals surface area contributed by atoms with Crippen LogP contribution in [0.5, 0.6) is 0 Å². The van der Waals surface area contributed by atoms with E-state index in [1.165, 1.54) is 10.4 Å². The summed E-state index contributed by atoms with van der Waals surface area (Å²) in [6.07, 6.45) is 0.558. The SMILES string of the molecule is Cc1c(N)cc(Cl)cc1S(=O)(=O)N1CCCOC(C)C1. The van der Waals surface area contributed by atoms with Crippen LogP contribution < -0.4 is 5.73 Å². The van der Waals surface area contributed by atoms with Crippen LogP contribution in [0.3, 0.4) is 0 Å². The average Bonchev–Trinajstić information content (AvgIpc) is 2.58. The second kappa shape index (κ2) is 5.89. The van der Waals surface area contributed by atoms with Crippen molar-refractivity contribution in [3.05, 3.63) is 22.7 Å². The molecular weight excluding hydrogens is 300 g/mol. The number of hydrogen-bond acceptors (Lipinski definition) is 4. The first kappa shape index (κ1) is 15.6. The first-order chi connectivity index (χ1) is 9.32. The number of nitrogen functional groups attached to an aromatic ring is 1. The molecule has 0 radical (unpaired) electrons. The van der Waals surface area contributed by atoms with Gasteiger partial charge < -0.3 is 10.5 Å². The van der Waals surface area contributed by atoms with Gasteiger partial charge in [-0.15, -0.1) is 0 Å². The fourth-order valence-electron chi connectivity index (χ4n) is 2.26. The van der Waals surface area contributed by atoms with E-state index in [0.29, 0.717) is 42.4 Å². The minimum absolute atomic E-state index is 0.121. The van der Waals surface area contributed by atoms with Gasteiger partial charge in [-0.05, 0) is 38.0 Å². The van der Waals surface area contributed by atoms with Gasteiger partial charge in [-0.2, -0.15) is 4.31 Å². The van der Waals surface area contributed by atoms with E-state index in [4.69, 9.17) is 22.1 Å². The van der Waals surface area contributed by atoms with Gasteiger partial charge in [0.15, 0.2) is 0 Å². The van der Waals surface area contributed by atoms with Crippen molar-refractivity contribution >= 4 is 27.3 Å². The molecule has 0 amide bonds. The molecule has 1 aliphatic heterocycles. The van der Waals surface area contributed by atoms with E-state index in [-0.39, 0.29) is 11.0 Å². The summed E-state index contributed by atoms with van der Waals surface area (Å²) in [6, 6.07) is 3.02. The predicted octanol–water partition coefficient (Wildman–Crippen LogP) is 2.03. The molecule has 112 valence electrons. The second-order valence-corrected chi connectivity index (χ2v) is 7.36. The van der Waals surface area contributed by atoms with Gasteiger partial charge in [-0.1, -0.05) is 11.6 Å². The van der Waals surface area contributed by atoms with E-state index in [1.807, 2.05) is 6.92 Å². The number of sulfonamides is 1. The molecule has 5 nitrogen and oxygen atoms in total. The van der Waals surface area contributed by atoms with Gasteiger partial charge >= 0.3 is 0 Å². The molecule has 1 fully saturated rings. The minimum atomic E-state index is -3.61. The zero-order chi connectivity index (χ0) is 14.9. The van der Waals surface area contributed by atoms with Crippen LogP contribution in [-0.2, 0) is 14.8 Å². The molecule has 1 aromatic rings. The van der Waals surface area contributed by atoms with Crippen LogP contribution >= 0.6 is 11.6 Å². The van der Waals surface area contributed by atoms with Crippen LogP contribution in [0.4, 0.5) is 5.69 Å². The summed E-state index contributed by atoms with van der Waals surface area (Å²) < 4.78 is 32.5. The van der Waals surface area contributed by atoms with E-state index in [0.717, 1.165) is 0 Å². The number of nitrogens with two attached hydrogens (primary N) is 1. The molecule has 7 heteroatoms. The smallest absolute Gasteiger partial charge is 0.243 e. The van der Waals surface area contributed by atoms with Gasteiger partial charge in [0, 0.05) is 30.4 Å². The Balaban J connectivity index is 2.44. The lowest BCUT2D eigenvalue weighted by Gasteiger charge is -2.23. The standard InChI is InChI=1S/C13H19ClN2O3S/c1-9-8-16(4-3-5-19-9)20(17,18)13-7-11(14)6-12(15)10(13)2/h6-7,9H,3-5,8,15H2,1-2H3. The third-order valence-electron chi connectivity index (χ3n) is 3.40. The molecule has 0 spiro atoms. The van der Waals surface area contributed by atoms with Crippen LogP contribution in [0, 0.1) is 6.92 Å². The second-order valence-electron chi connectivity index (χ2n) is 5.02. The highest BCUT2D eigenvalue weighted by Gasteiger charge is 2.29. The Morgan fingerprint density at radius 1 is 1.45 bits per heavy atom. The lowest BCUT2D eigenvalue weighted by molar-refractivity contribution is 0.0752. The topological polar surface area (TPSA) is 72.6 Å². The van der Waals surface area contributed by atoms with Crippen LogP contribution in [0.15, 0.2) is 17.0 Å². The Morgan fingerprint density at radius 3 is 2.85 bits per heavy atom. The maximum Gasteiger partial charge on any atom is 0.243 e. The van der Waals surface area contributed by atoms with Gasteiger partial charge in [0.05, 0.1) is 11.0 Å². The van der Waals surface area contributed by atoms with Crippen LogP contribution in [-0.4, -0.2) is 38.5 Å². The van der Waals surface area contributed by atoms with E-state index in [1.54, 1.807) is 13.0 Å². The summed E-state index contributed by atoms with van der Waals surface area (Å²) in [4.78, 5) is 0.177. The van der Waals surface area contributed by atoms with Crippen molar-refractivity contribution in [3.63, 3.8) is 0 Å². The molecular formula is C13H19ClN2O3S. The van der Waals surface area contributed by atoms with Crippen molar-refractivity contribution in [3.8, 4) is 0 Å². The summed E-state index contributed by atoms with van der Waals surface area (Å²) in [6.45, 7) is 4.92. The van der Waals surface area contributed by atoms with Crippen molar-refractivity contribution < 1.29 is 13.2 Å². The van der Waals surface area contributed by atoms with E-state index < -0.39 is 10.0 Å². The summed E-state index contributed by atoms with van der Waals surface area (Å²) >= 11 is 5.94. The number of nitrogens with zero attached hydrogens (tertiary/aromatic N) is 1. The minimum Gasteiger partial charge on any atom is -0.398 e. The maximum atomic E-state index is 12.8. The number of benzene rings is 1. The fraction of sp³-hybridized carbons (Fsp3) is 0.538. The normalized spacial score (nSPS) is 21.6. The van der Waals surface area contributed by atoms with Crippen molar-refractivity contribution in [2.45, 2.75) is 31.3 Å². The molecule has 1 saturated heterocycles. The molecule has 2 rings (SSSR count). The predicted molar refractivity (Wildman–Crippen MR) is 79.4 cm³/mol.